The molecule has 0 bridgehead atoms. The van der Waals surface area contributed by atoms with Crippen molar-refractivity contribution in [3.05, 3.63) is 54.1 Å². The van der Waals surface area contributed by atoms with E-state index in [0.717, 1.165) is 43.1 Å². The fourth-order valence-electron chi connectivity index (χ4n) is 4.28. The van der Waals surface area contributed by atoms with E-state index in [4.69, 9.17) is 10.5 Å². The number of likely N-dealkylation sites (tertiary alicyclic amines) is 1. The van der Waals surface area contributed by atoms with Crippen LogP contribution >= 0.6 is 0 Å². The Balaban J connectivity index is 1.55. The molecule has 3 unspecified atom stereocenters. The number of amides is 1. The van der Waals surface area contributed by atoms with Crippen LogP contribution in [0.2, 0.25) is 0 Å². The van der Waals surface area contributed by atoms with Crippen LogP contribution in [0.15, 0.2) is 48.5 Å². The van der Waals surface area contributed by atoms with Crippen molar-refractivity contribution < 1.29 is 9.53 Å². The second-order valence-electron chi connectivity index (χ2n) is 7.28. The van der Waals surface area contributed by atoms with Gasteiger partial charge in [-0.1, -0.05) is 18.2 Å². The summed E-state index contributed by atoms with van der Waals surface area (Å²) < 4.78 is 5.28. The van der Waals surface area contributed by atoms with E-state index in [9.17, 15) is 4.79 Å². The van der Waals surface area contributed by atoms with Gasteiger partial charge in [-0.05, 0) is 48.9 Å². The molecule has 5 nitrogen and oxygen atoms in total. The smallest absolute Gasteiger partial charge is 0.255 e. The maximum atomic E-state index is 13.1. The quantitative estimate of drug-likeness (QED) is 0.887. The number of nitrogens with two attached hydrogens (primary N) is 1. The minimum Gasteiger partial charge on any atom is -0.497 e. The second kappa shape index (κ2) is 7.00. The number of ether oxygens (including phenoxy) is 1. The number of para-hydroxylation sites is 1. The summed E-state index contributed by atoms with van der Waals surface area (Å²) >= 11 is 0. The molecular formula is C21H25N3O2. The molecule has 136 valence electrons. The lowest BCUT2D eigenvalue weighted by Gasteiger charge is -2.21. The van der Waals surface area contributed by atoms with Crippen LogP contribution in [-0.2, 0) is 0 Å². The van der Waals surface area contributed by atoms with Crippen LogP contribution in [0.5, 0.6) is 5.75 Å². The minimum atomic E-state index is 0.0811. The standard InChI is InChI=1S/C21H25N3O2/c1-26-16-6-4-5-15(11-16)23-20-8-3-2-7-17(20)21(25)24-12-14-9-10-19(22)18(14)13-24/h2-8,11,14,18-19,23H,9-10,12-13,22H2,1H3. The highest BCUT2D eigenvalue weighted by Crippen LogP contribution is 2.38. The number of rotatable bonds is 4. The van der Waals surface area contributed by atoms with Crippen molar-refractivity contribution in [1.29, 1.82) is 0 Å². The Kier molecular flexibility index (Phi) is 4.55. The van der Waals surface area contributed by atoms with Gasteiger partial charge in [0, 0.05) is 30.9 Å². The molecule has 3 N–H and O–H groups in total. The van der Waals surface area contributed by atoms with Gasteiger partial charge in [0.2, 0.25) is 0 Å². The van der Waals surface area contributed by atoms with E-state index in [1.54, 1.807) is 7.11 Å². The number of methoxy groups -OCH3 is 1. The van der Waals surface area contributed by atoms with Gasteiger partial charge in [-0.2, -0.15) is 0 Å². The number of nitrogens with one attached hydrogen (secondary N) is 1. The van der Waals surface area contributed by atoms with E-state index < -0.39 is 0 Å². The van der Waals surface area contributed by atoms with E-state index >= 15 is 0 Å². The SMILES string of the molecule is COc1cccc(Nc2ccccc2C(=O)N2CC3CCC(N)C3C2)c1. The van der Waals surface area contributed by atoms with Crippen molar-refractivity contribution in [2.75, 3.05) is 25.5 Å². The van der Waals surface area contributed by atoms with E-state index in [-0.39, 0.29) is 11.9 Å². The second-order valence-corrected chi connectivity index (χ2v) is 7.28. The number of benzene rings is 2. The predicted molar refractivity (Wildman–Crippen MR) is 103 cm³/mol. The number of nitrogens with zero attached hydrogens (tertiary/aromatic N) is 1. The van der Waals surface area contributed by atoms with Crippen molar-refractivity contribution in [3.63, 3.8) is 0 Å². The summed E-state index contributed by atoms with van der Waals surface area (Å²) in [6.45, 7) is 1.60. The summed E-state index contributed by atoms with van der Waals surface area (Å²) in [5, 5.41) is 3.36. The minimum absolute atomic E-state index is 0.0811. The van der Waals surface area contributed by atoms with Crippen LogP contribution in [0.1, 0.15) is 23.2 Å². The molecular weight excluding hydrogens is 326 g/mol. The highest BCUT2D eigenvalue weighted by molar-refractivity contribution is 6.00. The van der Waals surface area contributed by atoms with Crippen molar-refractivity contribution >= 4 is 17.3 Å². The third kappa shape index (κ3) is 3.15. The maximum Gasteiger partial charge on any atom is 0.255 e. The van der Waals surface area contributed by atoms with Crippen molar-refractivity contribution in [2.45, 2.75) is 18.9 Å². The summed E-state index contributed by atoms with van der Waals surface area (Å²) in [6.07, 6.45) is 2.23. The van der Waals surface area contributed by atoms with Gasteiger partial charge < -0.3 is 20.7 Å². The van der Waals surface area contributed by atoms with Crippen molar-refractivity contribution in [2.24, 2.45) is 17.6 Å². The van der Waals surface area contributed by atoms with E-state index in [1.807, 2.05) is 53.4 Å². The zero-order valence-electron chi connectivity index (χ0n) is 15.0. The molecule has 1 saturated carbocycles. The molecule has 26 heavy (non-hydrogen) atoms. The molecule has 2 aromatic rings. The molecule has 1 amide bonds. The Morgan fingerprint density at radius 2 is 2.00 bits per heavy atom. The van der Waals surface area contributed by atoms with E-state index in [2.05, 4.69) is 5.32 Å². The zero-order chi connectivity index (χ0) is 18.1. The van der Waals surface area contributed by atoms with Crippen LogP contribution in [0.4, 0.5) is 11.4 Å². The van der Waals surface area contributed by atoms with Gasteiger partial charge in [0.15, 0.2) is 0 Å². The topological polar surface area (TPSA) is 67.6 Å². The predicted octanol–water partition coefficient (Wildman–Crippen LogP) is 3.25. The number of hydrogen-bond donors (Lipinski definition) is 2. The Morgan fingerprint density at radius 3 is 2.81 bits per heavy atom. The maximum absolute atomic E-state index is 13.1. The fraction of sp³-hybridized carbons (Fsp3) is 0.381. The van der Waals surface area contributed by atoms with Crippen LogP contribution in [-0.4, -0.2) is 37.0 Å². The summed E-state index contributed by atoms with van der Waals surface area (Å²) in [4.78, 5) is 15.1. The average Bonchev–Trinajstić information content (AvgIpc) is 3.24. The number of fused-ring (bicyclic) bond motifs is 1. The molecule has 4 rings (SSSR count). The van der Waals surface area contributed by atoms with Crippen molar-refractivity contribution in [1.82, 2.24) is 4.90 Å². The van der Waals surface area contributed by atoms with Gasteiger partial charge in [0.25, 0.3) is 5.91 Å². The number of anilines is 2. The van der Waals surface area contributed by atoms with Crippen LogP contribution in [0.3, 0.4) is 0 Å². The zero-order valence-corrected chi connectivity index (χ0v) is 15.0. The van der Waals surface area contributed by atoms with E-state index in [0.29, 0.717) is 17.4 Å². The third-order valence-corrected chi connectivity index (χ3v) is 5.71. The molecule has 2 aromatic carbocycles. The molecule has 2 aliphatic rings. The van der Waals surface area contributed by atoms with Gasteiger partial charge in [-0.15, -0.1) is 0 Å². The van der Waals surface area contributed by atoms with Gasteiger partial charge in [0.1, 0.15) is 5.75 Å². The highest BCUT2D eigenvalue weighted by Gasteiger charge is 2.42. The Morgan fingerprint density at radius 1 is 1.15 bits per heavy atom. The highest BCUT2D eigenvalue weighted by atomic mass is 16.5. The molecule has 5 heteroatoms. The molecule has 1 aliphatic carbocycles. The van der Waals surface area contributed by atoms with Gasteiger partial charge in [-0.3, -0.25) is 4.79 Å². The first-order valence-electron chi connectivity index (χ1n) is 9.20. The van der Waals surface area contributed by atoms with Gasteiger partial charge in [0.05, 0.1) is 18.4 Å². The molecule has 1 heterocycles. The lowest BCUT2D eigenvalue weighted by atomic mass is 9.98. The number of hydrogen-bond acceptors (Lipinski definition) is 4. The summed E-state index contributed by atoms with van der Waals surface area (Å²) in [5.74, 6) is 1.88. The summed E-state index contributed by atoms with van der Waals surface area (Å²) in [6, 6.07) is 15.6. The van der Waals surface area contributed by atoms with Gasteiger partial charge in [-0.25, -0.2) is 0 Å². The molecule has 1 aliphatic heterocycles. The number of carbonyl (C=O) groups is 1. The van der Waals surface area contributed by atoms with Gasteiger partial charge >= 0.3 is 0 Å². The fourth-order valence-corrected chi connectivity index (χ4v) is 4.28. The Hall–Kier alpha value is -2.53. The normalized spacial score (nSPS) is 24.4. The molecule has 0 aromatic heterocycles. The molecule has 1 saturated heterocycles. The first kappa shape index (κ1) is 16.9. The first-order valence-corrected chi connectivity index (χ1v) is 9.20. The summed E-state index contributed by atoms with van der Waals surface area (Å²) in [5.41, 5.74) is 8.62. The Labute approximate surface area is 154 Å². The van der Waals surface area contributed by atoms with Crippen LogP contribution in [0.25, 0.3) is 0 Å². The molecule has 0 radical (unpaired) electrons. The third-order valence-electron chi connectivity index (χ3n) is 5.71. The monoisotopic (exact) mass is 351 g/mol. The van der Waals surface area contributed by atoms with E-state index in [1.165, 1.54) is 0 Å². The Bertz CT molecular complexity index is 807. The lowest BCUT2D eigenvalue weighted by molar-refractivity contribution is 0.0780. The van der Waals surface area contributed by atoms with Crippen LogP contribution in [0, 0.1) is 11.8 Å². The first-order chi connectivity index (χ1) is 12.7. The van der Waals surface area contributed by atoms with Crippen LogP contribution < -0.4 is 15.8 Å². The largest absolute Gasteiger partial charge is 0.497 e. The molecule has 0 spiro atoms. The van der Waals surface area contributed by atoms with Crippen molar-refractivity contribution in [3.8, 4) is 5.75 Å². The molecule has 2 fully saturated rings. The number of carbonyl (C=O) groups excluding carboxylic acids is 1. The lowest BCUT2D eigenvalue weighted by Crippen LogP contribution is -2.33. The summed E-state index contributed by atoms with van der Waals surface area (Å²) in [7, 11) is 1.64. The molecule has 3 atom stereocenters. The average molecular weight is 351 g/mol.